The van der Waals surface area contributed by atoms with Crippen molar-refractivity contribution in [2.75, 3.05) is 39.3 Å². The van der Waals surface area contributed by atoms with Crippen LogP contribution >= 0.6 is 8.53 Å². The smallest absolute Gasteiger partial charge is 0.280 e. The number of amides is 1. The minimum atomic E-state index is -1.58. The van der Waals surface area contributed by atoms with Gasteiger partial charge in [0.15, 0.2) is 17.4 Å². The first-order valence-corrected chi connectivity index (χ1v) is 22.4. The molecular weight excluding hydrogens is 824 g/mol. The lowest BCUT2D eigenvalue weighted by Gasteiger charge is -2.40. The molecule has 0 radical (unpaired) electrons. The first kappa shape index (κ1) is 41.5. The third-order valence-corrected chi connectivity index (χ3v) is 14.2. The number of H-pyrrole nitrogens is 1. The van der Waals surface area contributed by atoms with Crippen LogP contribution in [0.4, 0.5) is 5.95 Å². The van der Waals surface area contributed by atoms with Gasteiger partial charge in [-0.1, -0.05) is 98.8 Å². The third kappa shape index (κ3) is 7.31. The maximum Gasteiger partial charge on any atom is 0.280 e. The Bertz CT molecular complexity index is 2580. The number of rotatable bonds is 14. The quantitative estimate of drug-likeness (QED) is 0.0835. The maximum atomic E-state index is 13.4. The fourth-order valence-electron chi connectivity index (χ4n) is 9.24. The van der Waals surface area contributed by atoms with Gasteiger partial charge < -0.3 is 32.7 Å². The van der Waals surface area contributed by atoms with Crippen LogP contribution < -0.4 is 20.3 Å². The number of ether oxygens (including phenoxy) is 5. The molecule has 0 spiro atoms. The minimum Gasteiger partial charge on any atom is -0.497 e. The molecule has 326 valence electrons. The summed E-state index contributed by atoms with van der Waals surface area (Å²) in [6.45, 7) is 4.50. The maximum absolute atomic E-state index is 13.4. The number of hydrogen-bond acceptors (Lipinski definition) is 12. The predicted octanol–water partition coefficient (Wildman–Crippen LogP) is 7.25. The second-order valence-electron chi connectivity index (χ2n) is 16.6. The molecule has 4 fully saturated rings. The van der Waals surface area contributed by atoms with E-state index in [1.54, 1.807) is 32.6 Å². The number of anilines is 1. The van der Waals surface area contributed by atoms with Gasteiger partial charge in [-0.15, -0.1) is 0 Å². The van der Waals surface area contributed by atoms with Crippen molar-refractivity contribution in [1.82, 2.24) is 24.2 Å². The SMILES string of the molecule is COc1ccc(C(OC[C@]23CO[C@@H](C2O[P@@]2O[C@H](c4ccccc4)[C@@H]4CCCN42)[C@H](n2cnc4c(=O)[nH]c(NC(=O)C(C)C)nc42)O3)(c2ccccc2)c2ccc(OC)cc2)cc1. The van der Waals surface area contributed by atoms with Gasteiger partial charge in [0.25, 0.3) is 14.1 Å². The fraction of sp³-hybridized carbons (Fsp3) is 0.362. The van der Waals surface area contributed by atoms with Gasteiger partial charge in [-0.2, -0.15) is 4.98 Å². The molecule has 7 atom stereocenters. The molecule has 2 N–H and O–H groups in total. The van der Waals surface area contributed by atoms with E-state index >= 15 is 0 Å². The molecule has 1 amide bonds. The lowest BCUT2D eigenvalue weighted by atomic mass is 9.79. The zero-order valence-corrected chi connectivity index (χ0v) is 36.3. The number of benzene rings is 4. The van der Waals surface area contributed by atoms with E-state index in [1.165, 1.54) is 6.33 Å². The van der Waals surface area contributed by atoms with Gasteiger partial charge in [0.05, 0.1) is 33.8 Å². The average Bonchev–Trinajstić information content (AvgIpc) is 4.16. The van der Waals surface area contributed by atoms with E-state index in [0.29, 0.717) is 11.5 Å². The molecule has 4 aliphatic heterocycles. The number of imidazole rings is 1. The molecule has 4 aromatic carbocycles. The van der Waals surface area contributed by atoms with Crippen molar-refractivity contribution in [2.24, 2.45) is 5.92 Å². The Morgan fingerprint density at radius 2 is 1.59 bits per heavy atom. The van der Waals surface area contributed by atoms with Gasteiger partial charge in [-0.25, -0.2) is 9.65 Å². The Kier molecular flexibility index (Phi) is 11.1. The number of nitrogens with one attached hydrogen (secondary N) is 2. The monoisotopic (exact) mass is 872 g/mol. The first-order chi connectivity index (χ1) is 30.7. The minimum absolute atomic E-state index is 0.00265. The molecule has 10 rings (SSSR count). The molecule has 15 nitrogen and oxygen atoms in total. The molecule has 63 heavy (non-hydrogen) atoms. The van der Waals surface area contributed by atoms with Crippen LogP contribution in [0.2, 0.25) is 0 Å². The predicted molar refractivity (Wildman–Crippen MR) is 234 cm³/mol. The Morgan fingerprint density at radius 3 is 2.24 bits per heavy atom. The van der Waals surface area contributed by atoms with Crippen LogP contribution in [0.3, 0.4) is 0 Å². The van der Waals surface area contributed by atoms with E-state index in [9.17, 15) is 9.59 Å². The van der Waals surface area contributed by atoms with Crippen molar-refractivity contribution in [2.45, 2.75) is 68.5 Å². The van der Waals surface area contributed by atoms with Gasteiger partial charge in [-0.05, 0) is 59.4 Å². The molecule has 16 heteroatoms. The molecule has 6 aromatic rings. The molecule has 0 aliphatic carbocycles. The highest BCUT2D eigenvalue weighted by Gasteiger charge is 2.66. The summed E-state index contributed by atoms with van der Waals surface area (Å²) in [6.07, 6.45) is 1.11. The summed E-state index contributed by atoms with van der Waals surface area (Å²) >= 11 is 0. The van der Waals surface area contributed by atoms with Crippen molar-refractivity contribution in [3.63, 3.8) is 0 Å². The van der Waals surface area contributed by atoms with E-state index < -0.39 is 43.7 Å². The Balaban J connectivity index is 1.07. The summed E-state index contributed by atoms with van der Waals surface area (Å²) < 4.78 is 50.9. The van der Waals surface area contributed by atoms with Crippen LogP contribution in [-0.2, 0) is 33.7 Å². The average molecular weight is 873 g/mol. The molecular formula is C47H49N6O9P. The number of fused-ring (bicyclic) bond motifs is 4. The van der Waals surface area contributed by atoms with Crippen LogP contribution in [0.1, 0.15) is 61.3 Å². The molecule has 6 heterocycles. The van der Waals surface area contributed by atoms with Gasteiger partial charge in [0.1, 0.15) is 41.0 Å². The number of aromatic nitrogens is 4. The van der Waals surface area contributed by atoms with Crippen molar-refractivity contribution >= 4 is 31.5 Å². The second-order valence-corrected chi connectivity index (χ2v) is 18.0. The highest BCUT2D eigenvalue weighted by molar-refractivity contribution is 7.45. The molecule has 2 aromatic heterocycles. The van der Waals surface area contributed by atoms with Gasteiger partial charge in [0.2, 0.25) is 11.9 Å². The van der Waals surface area contributed by atoms with E-state index in [-0.39, 0.29) is 54.3 Å². The summed E-state index contributed by atoms with van der Waals surface area (Å²) in [5, 5.41) is 2.72. The van der Waals surface area contributed by atoms with Crippen LogP contribution in [-0.4, -0.2) is 87.9 Å². The van der Waals surface area contributed by atoms with Gasteiger partial charge in [-0.3, -0.25) is 24.5 Å². The Labute approximate surface area is 365 Å². The van der Waals surface area contributed by atoms with Crippen molar-refractivity contribution < 1.29 is 37.5 Å². The molecule has 4 saturated heterocycles. The molecule has 2 bridgehead atoms. The lowest BCUT2D eigenvalue weighted by molar-refractivity contribution is -0.201. The van der Waals surface area contributed by atoms with E-state index in [2.05, 4.69) is 49.2 Å². The van der Waals surface area contributed by atoms with Crippen molar-refractivity contribution in [3.05, 3.63) is 148 Å². The van der Waals surface area contributed by atoms with Crippen LogP contribution in [0, 0.1) is 5.92 Å². The highest BCUT2D eigenvalue weighted by atomic mass is 31.2. The van der Waals surface area contributed by atoms with Crippen molar-refractivity contribution in [1.29, 1.82) is 0 Å². The lowest BCUT2D eigenvalue weighted by Crippen LogP contribution is -2.49. The normalized spacial score (nSPS) is 25.5. The van der Waals surface area contributed by atoms with E-state index in [0.717, 1.165) is 41.6 Å². The van der Waals surface area contributed by atoms with E-state index in [1.807, 2.05) is 84.9 Å². The fourth-order valence-corrected chi connectivity index (χ4v) is 11.3. The van der Waals surface area contributed by atoms with Crippen molar-refractivity contribution in [3.8, 4) is 11.5 Å². The van der Waals surface area contributed by atoms with Crippen LogP contribution in [0.5, 0.6) is 11.5 Å². The number of methoxy groups -OCH3 is 2. The summed E-state index contributed by atoms with van der Waals surface area (Å²) in [6, 6.07) is 36.3. The second kappa shape index (κ2) is 16.9. The largest absolute Gasteiger partial charge is 0.497 e. The van der Waals surface area contributed by atoms with Gasteiger partial charge in [0, 0.05) is 18.5 Å². The van der Waals surface area contributed by atoms with Crippen LogP contribution in [0.25, 0.3) is 11.2 Å². The number of carbonyl (C=O) groups is 1. The summed E-state index contributed by atoms with van der Waals surface area (Å²) in [4.78, 5) is 37.9. The number of carbonyl (C=O) groups excluding carboxylic acids is 1. The number of hydrogen-bond donors (Lipinski definition) is 2. The number of nitrogens with zero attached hydrogens (tertiary/aromatic N) is 4. The van der Waals surface area contributed by atoms with E-state index in [4.69, 9.17) is 32.7 Å². The molecule has 1 unspecified atom stereocenters. The molecule has 4 aliphatic rings. The third-order valence-electron chi connectivity index (χ3n) is 12.5. The highest BCUT2D eigenvalue weighted by Crippen LogP contribution is 2.63. The number of aromatic amines is 1. The van der Waals surface area contributed by atoms with Crippen LogP contribution in [0.15, 0.2) is 120 Å². The molecule has 0 saturated carbocycles. The zero-order valence-electron chi connectivity index (χ0n) is 35.4. The zero-order chi connectivity index (χ0) is 43.3. The Hall–Kier alpha value is -5.51. The summed E-state index contributed by atoms with van der Waals surface area (Å²) in [5.41, 5.74) is 1.12. The Morgan fingerprint density at radius 1 is 0.937 bits per heavy atom. The first-order valence-electron chi connectivity index (χ1n) is 21.2. The summed E-state index contributed by atoms with van der Waals surface area (Å²) in [5.74, 6) is 0.777. The topological polar surface area (TPSA) is 161 Å². The summed E-state index contributed by atoms with van der Waals surface area (Å²) in [7, 11) is 1.71. The standard InChI is InChI=1S/C47H49N6O9P/c1-29(2)42(54)50-45-49-41-37(43(55)51-45)48-28-52(41)44-39-40(62-63-53-25-11-16-36(53)38(61-63)30-12-7-5-8-13-30)46(60-44,26-58-39)27-59-47(31-14-9-6-10-15-31,32-17-21-34(56-3)22-18-32)33-19-23-35(57-4)24-20-33/h5-10,12-15,17-24,28-29,36,38-40,44H,11,16,25-27H2,1-4H3,(H2,49,50,51,54,55)/t36-,38+,39-,40?,44+,46+,63+/m0/s1. The van der Waals surface area contributed by atoms with Gasteiger partial charge >= 0.3 is 0 Å².